The smallest absolute Gasteiger partial charge is 0.290 e. The van der Waals surface area contributed by atoms with Crippen molar-refractivity contribution in [3.63, 3.8) is 0 Å². The molecule has 118 valence electrons. The molecular formula is C14H15N2O5S-. The maximum atomic E-state index is 12.1. The first-order valence-corrected chi connectivity index (χ1v) is 7.60. The zero-order valence-electron chi connectivity index (χ0n) is 11.9. The van der Waals surface area contributed by atoms with Crippen molar-refractivity contribution in [1.82, 2.24) is 4.90 Å². The predicted octanol–water partition coefficient (Wildman–Crippen LogP) is 0.659. The lowest BCUT2D eigenvalue weighted by Gasteiger charge is -2.15. The zero-order valence-corrected chi connectivity index (χ0v) is 12.7. The summed E-state index contributed by atoms with van der Waals surface area (Å²) in [7, 11) is 0. The third-order valence-corrected chi connectivity index (χ3v) is 3.91. The van der Waals surface area contributed by atoms with Gasteiger partial charge >= 0.3 is 0 Å². The molecule has 1 aliphatic heterocycles. The van der Waals surface area contributed by atoms with Gasteiger partial charge in [-0.15, -0.1) is 0 Å². The number of aliphatic carboxylic acids is 1. The van der Waals surface area contributed by atoms with Crippen LogP contribution in [0.5, 0.6) is 5.75 Å². The summed E-state index contributed by atoms with van der Waals surface area (Å²) in [5, 5.41) is 12.2. The molecule has 1 heterocycles. The molecule has 0 bridgehead atoms. The number of nitrogens with zero attached hydrogens (tertiary/aromatic N) is 1. The number of ether oxygens (including phenoxy) is 1. The molecule has 0 radical (unpaired) electrons. The average molecular weight is 323 g/mol. The van der Waals surface area contributed by atoms with Gasteiger partial charge in [0.25, 0.3) is 11.1 Å². The fourth-order valence-corrected chi connectivity index (χ4v) is 2.84. The van der Waals surface area contributed by atoms with Gasteiger partial charge in [-0.3, -0.25) is 14.5 Å². The molecule has 1 fully saturated rings. The molecule has 0 saturated carbocycles. The normalized spacial score (nSPS) is 17.7. The van der Waals surface area contributed by atoms with Crippen LogP contribution in [0.4, 0.5) is 10.5 Å². The van der Waals surface area contributed by atoms with E-state index in [1.54, 1.807) is 24.3 Å². The Morgan fingerprint density at radius 1 is 1.36 bits per heavy atom. The first kappa shape index (κ1) is 16.2. The summed E-state index contributed by atoms with van der Waals surface area (Å²) < 4.78 is 5.32. The quantitative estimate of drug-likeness (QED) is 0.787. The first-order chi connectivity index (χ1) is 10.5. The van der Waals surface area contributed by atoms with Crippen LogP contribution in [0.2, 0.25) is 0 Å². The Labute approximate surface area is 131 Å². The molecule has 1 atom stereocenters. The highest BCUT2D eigenvalue weighted by molar-refractivity contribution is 8.15. The van der Waals surface area contributed by atoms with Crippen molar-refractivity contribution in [2.24, 2.45) is 0 Å². The highest BCUT2D eigenvalue weighted by Gasteiger charge is 2.39. The van der Waals surface area contributed by atoms with Gasteiger partial charge in [-0.2, -0.15) is 0 Å². The number of amides is 2. The Kier molecular flexibility index (Phi) is 5.26. The van der Waals surface area contributed by atoms with E-state index in [2.05, 4.69) is 5.32 Å². The number of thioether (sulfide) groups is 1. The van der Waals surface area contributed by atoms with Crippen LogP contribution in [-0.2, 0) is 9.59 Å². The standard InChI is InChI=1S/C14H16N2O5S/c1-2-21-10-5-3-9(4-6-10)15-12-13(19)16(14(20)22-12)8-7-11(17)18/h3-6,12,15H,2,7-8H2,1H3,(H,17,18)/p-1/t12-/m1/s1. The second-order valence-electron chi connectivity index (χ2n) is 4.48. The molecule has 1 aromatic carbocycles. The number of carboxylic acids is 1. The monoisotopic (exact) mass is 323 g/mol. The summed E-state index contributed by atoms with van der Waals surface area (Å²) in [5.41, 5.74) is 0.670. The van der Waals surface area contributed by atoms with Crippen LogP contribution in [-0.4, -0.2) is 40.5 Å². The lowest BCUT2D eigenvalue weighted by Crippen LogP contribution is -2.37. The number of hydrogen-bond donors (Lipinski definition) is 1. The second-order valence-corrected chi connectivity index (χ2v) is 5.53. The summed E-state index contributed by atoms with van der Waals surface area (Å²) in [6, 6.07) is 7.00. The Balaban J connectivity index is 1.97. The van der Waals surface area contributed by atoms with Crippen LogP contribution in [0.1, 0.15) is 13.3 Å². The number of carboxylic acid groups (broad SMARTS) is 1. The summed E-state index contributed by atoms with van der Waals surface area (Å²) in [5.74, 6) is -1.04. The first-order valence-electron chi connectivity index (χ1n) is 6.72. The van der Waals surface area contributed by atoms with E-state index in [4.69, 9.17) is 4.74 Å². The molecule has 8 heteroatoms. The molecule has 0 aliphatic carbocycles. The lowest BCUT2D eigenvalue weighted by molar-refractivity contribution is -0.305. The van der Waals surface area contributed by atoms with Gasteiger partial charge in [0.2, 0.25) is 0 Å². The van der Waals surface area contributed by atoms with Crippen molar-refractivity contribution in [1.29, 1.82) is 0 Å². The maximum Gasteiger partial charge on any atom is 0.290 e. The van der Waals surface area contributed by atoms with Crippen molar-refractivity contribution in [3.8, 4) is 5.75 Å². The van der Waals surface area contributed by atoms with Crippen molar-refractivity contribution >= 4 is 34.6 Å². The van der Waals surface area contributed by atoms with Crippen LogP contribution < -0.4 is 15.2 Å². The maximum absolute atomic E-state index is 12.1. The third kappa shape index (κ3) is 3.91. The highest BCUT2D eigenvalue weighted by atomic mass is 32.2. The summed E-state index contributed by atoms with van der Waals surface area (Å²) in [6.45, 7) is 2.27. The SMILES string of the molecule is CCOc1ccc(N[C@@H]2SC(=O)N(CCC(=O)[O-])C2=O)cc1. The minimum atomic E-state index is -1.30. The number of imide groups is 1. The van der Waals surface area contributed by atoms with Gasteiger partial charge < -0.3 is 20.0 Å². The zero-order chi connectivity index (χ0) is 16.1. The largest absolute Gasteiger partial charge is 0.550 e. The van der Waals surface area contributed by atoms with Crippen molar-refractivity contribution in [2.45, 2.75) is 18.7 Å². The number of rotatable bonds is 7. The van der Waals surface area contributed by atoms with Crippen LogP contribution >= 0.6 is 11.8 Å². The van der Waals surface area contributed by atoms with Crippen LogP contribution in [0, 0.1) is 0 Å². The third-order valence-electron chi connectivity index (χ3n) is 2.93. The Morgan fingerprint density at radius 3 is 2.64 bits per heavy atom. The van der Waals surface area contributed by atoms with E-state index in [1.807, 2.05) is 6.92 Å². The van der Waals surface area contributed by atoms with Gasteiger partial charge in [0.1, 0.15) is 5.75 Å². The molecule has 1 aliphatic rings. The van der Waals surface area contributed by atoms with E-state index < -0.39 is 22.5 Å². The van der Waals surface area contributed by atoms with Crippen LogP contribution in [0.3, 0.4) is 0 Å². The molecular weight excluding hydrogens is 308 g/mol. The number of nitrogens with one attached hydrogen (secondary N) is 1. The van der Waals surface area contributed by atoms with E-state index in [-0.39, 0.29) is 13.0 Å². The van der Waals surface area contributed by atoms with E-state index in [9.17, 15) is 19.5 Å². The fourth-order valence-electron chi connectivity index (χ4n) is 1.91. The highest BCUT2D eigenvalue weighted by Crippen LogP contribution is 2.28. The molecule has 1 N–H and O–H groups in total. The number of anilines is 1. The molecule has 1 saturated heterocycles. The summed E-state index contributed by atoms with van der Waals surface area (Å²) in [4.78, 5) is 35.2. The fraction of sp³-hybridized carbons (Fsp3) is 0.357. The van der Waals surface area contributed by atoms with E-state index in [0.29, 0.717) is 18.0 Å². The Morgan fingerprint density at radius 2 is 2.05 bits per heavy atom. The minimum absolute atomic E-state index is 0.172. The van der Waals surface area contributed by atoms with Crippen molar-refractivity contribution in [2.75, 3.05) is 18.5 Å². The number of carbonyl (C=O) groups excluding carboxylic acids is 3. The Bertz CT molecular complexity index is 575. The molecule has 0 spiro atoms. The van der Waals surface area contributed by atoms with Crippen molar-refractivity contribution in [3.05, 3.63) is 24.3 Å². The minimum Gasteiger partial charge on any atom is -0.550 e. The van der Waals surface area contributed by atoms with Gasteiger partial charge in [-0.1, -0.05) is 0 Å². The molecule has 7 nitrogen and oxygen atoms in total. The van der Waals surface area contributed by atoms with Gasteiger partial charge in [0, 0.05) is 24.6 Å². The average Bonchev–Trinajstić information content (AvgIpc) is 2.73. The van der Waals surface area contributed by atoms with Crippen LogP contribution in [0.15, 0.2) is 24.3 Å². The predicted molar refractivity (Wildman–Crippen MR) is 79.3 cm³/mol. The Hall–Kier alpha value is -2.22. The molecule has 2 rings (SSSR count). The summed E-state index contributed by atoms with van der Waals surface area (Å²) in [6.07, 6.45) is -0.367. The van der Waals surface area contributed by atoms with E-state index >= 15 is 0 Å². The molecule has 2 amide bonds. The molecule has 22 heavy (non-hydrogen) atoms. The summed E-state index contributed by atoms with van der Waals surface area (Å²) >= 11 is 0.824. The van der Waals surface area contributed by atoms with E-state index in [1.165, 1.54) is 0 Å². The number of benzene rings is 1. The molecule has 1 aromatic rings. The van der Waals surface area contributed by atoms with E-state index in [0.717, 1.165) is 16.7 Å². The van der Waals surface area contributed by atoms with Crippen LogP contribution in [0.25, 0.3) is 0 Å². The van der Waals surface area contributed by atoms with Gasteiger partial charge in [-0.05, 0) is 43.0 Å². The molecule has 0 aromatic heterocycles. The van der Waals surface area contributed by atoms with Crippen molar-refractivity contribution < 1.29 is 24.2 Å². The van der Waals surface area contributed by atoms with Gasteiger partial charge in [-0.25, -0.2) is 0 Å². The van der Waals surface area contributed by atoms with Gasteiger partial charge in [0.15, 0.2) is 5.37 Å². The topological polar surface area (TPSA) is 98.8 Å². The van der Waals surface area contributed by atoms with Gasteiger partial charge in [0.05, 0.1) is 6.61 Å². The number of carbonyl (C=O) groups is 3. The number of hydrogen-bond acceptors (Lipinski definition) is 7. The molecule has 0 unspecified atom stereocenters. The second kappa shape index (κ2) is 7.17. The lowest BCUT2D eigenvalue weighted by atomic mass is 10.3.